The van der Waals surface area contributed by atoms with Gasteiger partial charge in [0, 0.05) is 47.5 Å². The molecule has 0 spiro atoms. The number of aromatic nitrogens is 2. The summed E-state index contributed by atoms with van der Waals surface area (Å²) in [4.78, 5) is 0. The second kappa shape index (κ2) is 13.5. The standard InChI is InChI=1S/C32H38N2O4/c1-5-35-29-17-25(18-30(21-29)36-6-2)23-33-13-9-27(10-14-33)28-11-15-34(16-12-28)24-26-19-31(37-7-3)22-32(20-26)38-8-4/h9-22H,5-8,23-24H2,1-4H3/q+2. The van der Waals surface area contributed by atoms with Crippen LogP contribution in [0, 0.1) is 0 Å². The largest absolute Gasteiger partial charge is 0.494 e. The molecule has 2 aromatic heterocycles. The Kier molecular flexibility index (Phi) is 9.57. The number of nitrogens with zero attached hydrogens (tertiary/aromatic N) is 2. The van der Waals surface area contributed by atoms with E-state index in [0.29, 0.717) is 26.4 Å². The molecule has 0 bridgehead atoms. The number of ether oxygens (including phenoxy) is 4. The molecule has 0 aliphatic carbocycles. The first-order chi connectivity index (χ1) is 18.6. The predicted molar refractivity (Wildman–Crippen MR) is 148 cm³/mol. The molecule has 0 radical (unpaired) electrons. The summed E-state index contributed by atoms with van der Waals surface area (Å²) >= 11 is 0. The van der Waals surface area contributed by atoms with Gasteiger partial charge in [0.25, 0.3) is 0 Å². The molecule has 6 nitrogen and oxygen atoms in total. The quantitative estimate of drug-likeness (QED) is 0.217. The summed E-state index contributed by atoms with van der Waals surface area (Å²) in [5.74, 6) is 3.34. The molecule has 0 saturated carbocycles. The van der Waals surface area contributed by atoms with Gasteiger partial charge in [-0.15, -0.1) is 0 Å². The van der Waals surface area contributed by atoms with E-state index in [1.54, 1.807) is 0 Å². The van der Waals surface area contributed by atoms with E-state index < -0.39 is 0 Å². The highest BCUT2D eigenvalue weighted by Crippen LogP contribution is 2.24. The Morgan fingerprint density at radius 1 is 0.447 bits per heavy atom. The van der Waals surface area contributed by atoms with Gasteiger partial charge in [0.1, 0.15) is 23.0 Å². The zero-order chi connectivity index (χ0) is 26.7. The lowest BCUT2D eigenvalue weighted by molar-refractivity contribution is -0.688. The average Bonchev–Trinajstić information content (AvgIpc) is 2.90. The third kappa shape index (κ3) is 7.48. The Morgan fingerprint density at radius 2 is 0.737 bits per heavy atom. The van der Waals surface area contributed by atoms with E-state index in [1.807, 2.05) is 39.8 Å². The van der Waals surface area contributed by atoms with Gasteiger partial charge in [-0.3, -0.25) is 0 Å². The van der Waals surface area contributed by atoms with E-state index in [9.17, 15) is 0 Å². The van der Waals surface area contributed by atoms with Crippen LogP contribution in [-0.4, -0.2) is 26.4 Å². The fourth-order valence-electron chi connectivity index (χ4n) is 4.38. The molecule has 4 aromatic rings. The summed E-state index contributed by atoms with van der Waals surface area (Å²) < 4.78 is 27.2. The first-order valence-electron chi connectivity index (χ1n) is 13.4. The zero-order valence-electron chi connectivity index (χ0n) is 22.9. The molecule has 0 saturated heterocycles. The van der Waals surface area contributed by atoms with E-state index in [1.165, 1.54) is 11.1 Å². The van der Waals surface area contributed by atoms with E-state index in [2.05, 4.69) is 82.5 Å². The normalized spacial score (nSPS) is 10.7. The van der Waals surface area contributed by atoms with E-state index >= 15 is 0 Å². The summed E-state index contributed by atoms with van der Waals surface area (Å²) in [6.07, 6.45) is 8.44. The fourth-order valence-corrected chi connectivity index (χ4v) is 4.38. The molecule has 198 valence electrons. The highest BCUT2D eigenvalue weighted by molar-refractivity contribution is 5.61. The van der Waals surface area contributed by atoms with E-state index in [0.717, 1.165) is 47.2 Å². The highest BCUT2D eigenvalue weighted by atomic mass is 16.5. The van der Waals surface area contributed by atoms with Gasteiger partial charge in [-0.05, 0) is 63.1 Å². The fraction of sp³-hybridized carbons (Fsp3) is 0.312. The molecule has 0 atom stereocenters. The van der Waals surface area contributed by atoms with Gasteiger partial charge in [0.05, 0.1) is 26.4 Å². The van der Waals surface area contributed by atoms with Gasteiger partial charge in [-0.25, -0.2) is 9.13 Å². The summed E-state index contributed by atoms with van der Waals surface area (Å²) in [6.45, 7) is 11.9. The van der Waals surface area contributed by atoms with E-state index in [-0.39, 0.29) is 0 Å². The third-order valence-corrected chi connectivity index (χ3v) is 5.97. The SMILES string of the molecule is CCOc1cc(C[n+]2ccc(-c3cc[n+](Cc4cc(OCC)cc(OCC)c4)cc3)cc2)cc(OCC)c1. The Labute approximate surface area is 226 Å². The smallest absolute Gasteiger partial charge is 0.174 e. The minimum Gasteiger partial charge on any atom is -0.494 e. The van der Waals surface area contributed by atoms with Crippen LogP contribution >= 0.6 is 0 Å². The molecule has 6 heteroatoms. The molecule has 0 aliphatic heterocycles. The monoisotopic (exact) mass is 514 g/mol. The molecule has 0 fully saturated rings. The van der Waals surface area contributed by atoms with Crippen LogP contribution in [0.15, 0.2) is 85.5 Å². The number of pyridine rings is 2. The topological polar surface area (TPSA) is 44.7 Å². The van der Waals surface area contributed by atoms with Crippen LogP contribution in [-0.2, 0) is 13.1 Å². The molecule has 0 amide bonds. The molecule has 38 heavy (non-hydrogen) atoms. The lowest BCUT2D eigenvalue weighted by Gasteiger charge is -2.10. The molecule has 0 N–H and O–H groups in total. The van der Waals surface area contributed by atoms with Crippen molar-refractivity contribution in [2.45, 2.75) is 40.8 Å². The van der Waals surface area contributed by atoms with Crippen molar-refractivity contribution in [2.75, 3.05) is 26.4 Å². The van der Waals surface area contributed by atoms with E-state index in [4.69, 9.17) is 18.9 Å². The number of hydrogen-bond acceptors (Lipinski definition) is 4. The molecule has 2 heterocycles. The summed E-state index contributed by atoms with van der Waals surface area (Å²) in [5.41, 5.74) is 4.62. The van der Waals surface area contributed by atoms with Crippen LogP contribution in [0.2, 0.25) is 0 Å². The summed E-state index contributed by atoms with van der Waals surface area (Å²) in [6, 6.07) is 20.8. The van der Waals surface area contributed by atoms with Crippen molar-refractivity contribution in [3.63, 3.8) is 0 Å². The van der Waals surface area contributed by atoms with Gasteiger partial charge in [0.15, 0.2) is 37.9 Å². The third-order valence-electron chi connectivity index (χ3n) is 5.97. The van der Waals surface area contributed by atoms with Gasteiger partial charge in [-0.2, -0.15) is 0 Å². The van der Waals surface area contributed by atoms with Crippen LogP contribution in [0.1, 0.15) is 38.8 Å². The highest BCUT2D eigenvalue weighted by Gasteiger charge is 2.11. The molecule has 0 unspecified atom stereocenters. The maximum atomic E-state index is 5.72. The van der Waals surface area contributed by atoms with Crippen molar-refractivity contribution in [2.24, 2.45) is 0 Å². The second-order valence-corrected chi connectivity index (χ2v) is 8.88. The number of rotatable bonds is 13. The van der Waals surface area contributed by atoms with Crippen molar-refractivity contribution < 1.29 is 28.1 Å². The number of hydrogen-bond donors (Lipinski definition) is 0. The van der Waals surface area contributed by atoms with Crippen LogP contribution in [0.3, 0.4) is 0 Å². The van der Waals surface area contributed by atoms with Crippen LogP contribution < -0.4 is 28.1 Å². The number of benzene rings is 2. The predicted octanol–water partition coefficient (Wildman–Crippen LogP) is 5.62. The minimum atomic E-state index is 0.627. The molecule has 0 aliphatic rings. The van der Waals surface area contributed by atoms with Crippen molar-refractivity contribution in [1.29, 1.82) is 0 Å². The van der Waals surface area contributed by atoms with Gasteiger partial charge in [-0.1, -0.05) is 0 Å². The van der Waals surface area contributed by atoms with Gasteiger partial charge >= 0.3 is 0 Å². The summed E-state index contributed by atoms with van der Waals surface area (Å²) in [5, 5.41) is 0. The Balaban J connectivity index is 1.44. The molecule has 2 aromatic carbocycles. The van der Waals surface area contributed by atoms with Crippen LogP contribution in [0.4, 0.5) is 0 Å². The molecule has 4 rings (SSSR count). The van der Waals surface area contributed by atoms with Crippen LogP contribution in [0.5, 0.6) is 23.0 Å². The van der Waals surface area contributed by atoms with Crippen molar-refractivity contribution in [3.8, 4) is 34.1 Å². The van der Waals surface area contributed by atoms with Crippen molar-refractivity contribution in [3.05, 3.63) is 96.6 Å². The summed E-state index contributed by atoms with van der Waals surface area (Å²) in [7, 11) is 0. The Bertz CT molecular complexity index is 1150. The zero-order valence-corrected chi connectivity index (χ0v) is 22.9. The van der Waals surface area contributed by atoms with Gasteiger partial charge in [0.2, 0.25) is 0 Å². The first kappa shape index (κ1) is 27.0. The minimum absolute atomic E-state index is 0.627. The second-order valence-electron chi connectivity index (χ2n) is 8.88. The molecular formula is C32H38N2O4+2. The molecular weight excluding hydrogens is 476 g/mol. The first-order valence-corrected chi connectivity index (χ1v) is 13.4. The lowest BCUT2D eigenvalue weighted by atomic mass is 10.1. The Hall–Kier alpha value is -4.06. The van der Waals surface area contributed by atoms with Crippen molar-refractivity contribution >= 4 is 0 Å². The lowest BCUT2D eigenvalue weighted by Crippen LogP contribution is -2.33. The maximum Gasteiger partial charge on any atom is 0.174 e. The average molecular weight is 515 g/mol. The Morgan fingerprint density at radius 3 is 1.00 bits per heavy atom. The maximum absolute atomic E-state index is 5.72. The van der Waals surface area contributed by atoms with Crippen molar-refractivity contribution in [1.82, 2.24) is 0 Å². The van der Waals surface area contributed by atoms with Gasteiger partial charge < -0.3 is 18.9 Å². The van der Waals surface area contributed by atoms with Crippen LogP contribution in [0.25, 0.3) is 11.1 Å².